The monoisotopic (exact) mass is 197 g/mol. The van der Waals surface area contributed by atoms with Crippen LogP contribution in [-0.2, 0) is 4.79 Å². The van der Waals surface area contributed by atoms with Crippen LogP contribution in [0.1, 0.15) is 41.0 Å². The molecule has 82 valence electrons. The predicted octanol–water partition coefficient (Wildman–Crippen LogP) is 2.33. The molecule has 14 heavy (non-hydrogen) atoms. The van der Waals surface area contributed by atoms with Crippen LogP contribution in [0.25, 0.3) is 0 Å². The Morgan fingerprint density at radius 3 is 2.43 bits per heavy atom. The van der Waals surface area contributed by atoms with Gasteiger partial charge in [-0.05, 0) is 18.9 Å². The van der Waals surface area contributed by atoms with Crippen LogP contribution in [0.15, 0.2) is 0 Å². The van der Waals surface area contributed by atoms with Gasteiger partial charge >= 0.3 is 0 Å². The van der Waals surface area contributed by atoms with Gasteiger partial charge in [0, 0.05) is 12.0 Å². The second kappa shape index (κ2) is 4.01. The number of likely N-dealkylation sites (tertiary alicyclic amines) is 1. The first kappa shape index (κ1) is 11.7. The lowest BCUT2D eigenvalue weighted by Crippen LogP contribution is -2.41. The van der Waals surface area contributed by atoms with Crippen LogP contribution >= 0.6 is 0 Å². The van der Waals surface area contributed by atoms with Gasteiger partial charge in [0.25, 0.3) is 0 Å². The molecule has 0 amide bonds. The Hall–Kier alpha value is -0.370. The van der Waals surface area contributed by atoms with Gasteiger partial charge in [-0.3, -0.25) is 9.69 Å². The molecule has 0 aliphatic carbocycles. The van der Waals surface area contributed by atoms with Crippen molar-refractivity contribution in [1.82, 2.24) is 4.90 Å². The zero-order chi connectivity index (χ0) is 10.9. The molecule has 2 unspecified atom stereocenters. The molecule has 0 saturated carbocycles. The average Bonchev–Trinajstić information content (AvgIpc) is 2.43. The number of rotatable bonds is 2. The SMILES string of the molecule is CCN1CC(C)CC1C(=O)C(C)(C)C. The van der Waals surface area contributed by atoms with E-state index in [1.165, 1.54) is 0 Å². The Balaban J connectivity index is 2.72. The Labute approximate surface area is 87.7 Å². The zero-order valence-corrected chi connectivity index (χ0v) is 10.1. The lowest BCUT2D eigenvalue weighted by Gasteiger charge is -2.27. The smallest absolute Gasteiger partial charge is 0.155 e. The van der Waals surface area contributed by atoms with E-state index >= 15 is 0 Å². The van der Waals surface area contributed by atoms with Gasteiger partial charge in [0.05, 0.1) is 6.04 Å². The second-order valence-electron chi connectivity index (χ2n) is 5.56. The maximum Gasteiger partial charge on any atom is 0.155 e. The molecule has 1 aliphatic heterocycles. The summed E-state index contributed by atoms with van der Waals surface area (Å²) in [7, 11) is 0. The number of carbonyl (C=O) groups is 1. The summed E-state index contributed by atoms with van der Waals surface area (Å²) in [5.41, 5.74) is -0.192. The minimum atomic E-state index is -0.192. The Bertz CT molecular complexity index is 217. The van der Waals surface area contributed by atoms with Crippen LogP contribution in [0, 0.1) is 11.3 Å². The highest BCUT2D eigenvalue weighted by Gasteiger charge is 2.38. The minimum Gasteiger partial charge on any atom is -0.297 e. The van der Waals surface area contributed by atoms with Gasteiger partial charge in [-0.25, -0.2) is 0 Å². The van der Waals surface area contributed by atoms with Crippen LogP contribution in [0.2, 0.25) is 0 Å². The number of likely N-dealkylation sites (N-methyl/N-ethyl adjacent to an activating group) is 1. The van der Waals surface area contributed by atoms with Crippen molar-refractivity contribution in [2.45, 2.75) is 47.1 Å². The van der Waals surface area contributed by atoms with Crippen LogP contribution in [0.5, 0.6) is 0 Å². The van der Waals surface area contributed by atoms with E-state index in [-0.39, 0.29) is 11.5 Å². The van der Waals surface area contributed by atoms with E-state index in [0.717, 1.165) is 19.5 Å². The average molecular weight is 197 g/mol. The first-order valence-electron chi connectivity index (χ1n) is 5.64. The summed E-state index contributed by atoms with van der Waals surface area (Å²) in [5, 5.41) is 0. The van der Waals surface area contributed by atoms with Crippen molar-refractivity contribution in [3.63, 3.8) is 0 Å². The molecular weight excluding hydrogens is 174 g/mol. The molecule has 1 aliphatic rings. The van der Waals surface area contributed by atoms with Crippen molar-refractivity contribution in [1.29, 1.82) is 0 Å². The first-order valence-corrected chi connectivity index (χ1v) is 5.64. The van der Waals surface area contributed by atoms with Gasteiger partial charge in [0.2, 0.25) is 0 Å². The molecule has 0 radical (unpaired) electrons. The molecule has 0 aromatic heterocycles. The molecular formula is C12H23NO. The van der Waals surface area contributed by atoms with E-state index < -0.39 is 0 Å². The first-order chi connectivity index (χ1) is 6.36. The van der Waals surface area contributed by atoms with Gasteiger partial charge in [-0.15, -0.1) is 0 Å². The van der Waals surface area contributed by atoms with Crippen molar-refractivity contribution < 1.29 is 4.79 Å². The molecule has 0 aromatic carbocycles. The van der Waals surface area contributed by atoms with Crippen LogP contribution in [-0.4, -0.2) is 29.8 Å². The molecule has 0 aromatic rings. The quantitative estimate of drug-likeness (QED) is 0.677. The maximum absolute atomic E-state index is 12.1. The Morgan fingerprint density at radius 1 is 1.43 bits per heavy atom. The fourth-order valence-corrected chi connectivity index (χ4v) is 2.25. The number of carbonyl (C=O) groups excluding carboxylic acids is 1. The molecule has 1 heterocycles. The summed E-state index contributed by atoms with van der Waals surface area (Å²) in [6, 6.07) is 0.176. The summed E-state index contributed by atoms with van der Waals surface area (Å²) in [4.78, 5) is 14.5. The van der Waals surface area contributed by atoms with Crippen LogP contribution in [0.4, 0.5) is 0 Å². The fraction of sp³-hybridized carbons (Fsp3) is 0.917. The Kier molecular flexibility index (Phi) is 3.36. The largest absolute Gasteiger partial charge is 0.297 e. The third-order valence-electron chi connectivity index (χ3n) is 3.06. The second-order valence-corrected chi connectivity index (χ2v) is 5.56. The standard InChI is InChI=1S/C12H23NO/c1-6-13-8-9(2)7-10(13)11(14)12(3,4)5/h9-10H,6-8H2,1-5H3. The third kappa shape index (κ3) is 2.35. The van der Waals surface area contributed by atoms with E-state index in [4.69, 9.17) is 0 Å². The van der Waals surface area contributed by atoms with Crippen molar-refractivity contribution >= 4 is 5.78 Å². The van der Waals surface area contributed by atoms with Crippen molar-refractivity contribution in [2.75, 3.05) is 13.1 Å². The molecule has 1 fully saturated rings. The highest BCUT2D eigenvalue weighted by molar-refractivity contribution is 5.89. The van der Waals surface area contributed by atoms with Gasteiger partial charge in [-0.1, -0.05) is 34.6 Å². The lowest BCUT2D eigenvalue weighted by atomic mass is 9.85. The predicted molar refractivity (Wildman–Crippen MR) is 59.3 cm³/mol. The normalized spacial score (nSPS) is 29.5. The minimum absolute atomic E-state index is 0.176. The van der Waals surface area contributed by atoms with E-state index in [9.17, 15) is 4.79 Å². The highest BCUT2D eigenvalue weighted by atomic mass is 16.1. The van der Waals surface area contributed by atoms with E-state index in [1.807, 2.05) is 20.8 Å². The van der Waals surface area contributed by atoms with Crippen molar-refractivity contribution in [3.8, 4) is 0 Å². The fourth-order valence-electron chi connectivity index (χ4n) is 2.25. The van der Waals surface area contributed by atoms with E-state index in [2.05, 4.69) is 18.7 Å². The van der Waals surface area contributed by atoms with Gasteiger partial charge < -0.3 is 0 Å². The van der Waals surface area contributed by atoms with Gasteiger partial charge in [-0.2, -0.15) is 0 Å². The topological polar surface area (TPSA) is 20.3 Å². The number of ketones is 1. The van der Waals surface area contributed by atoms with Gasteiger partial charge in [0.1, 0.15) is 0 Å². The summed E-state index contributed by atoms with van der Waals surface area (Å²) >= 11 is 0. The summed E-state index contributed by atoms with van der Waals surface area (Å²) < 4.78 is 0. The van der Waals surface area contributed by atoms with E-state index in [0.29, 0.717) is 11.7 Å². The lowest BCUT2D eigenvalue weighted by molar-refractivity contribution is -0.130. The van der Waals surface area contributed by atoms with Crippen molar-refractivity contribution in [3.05, 3.63) is 0 Å². The number of nitrogens with zero attached hydrogens (tertiary/aromatic N) is 1. The molecule has 1 rings (SSSR count). The van der Waals surface area contributed by atoms with Crippen molar-refractivity contribution in [2.24, 2.45) is 11.3 Å². The number of Topliss-reactive ketones (excluding diaryl/α,β-unsaturated/α-hetero) is 1. The Morgan fingerprint density at radius 2 is 2.00 bits per heavy atom. The molecule has 2 nitrogen and oxygen atoms in total. The molecule has 0 bridgehead atoms. The third-order valence-corrected chi connectivity index (χ3v) is 3.06. The highest BCUT2D eigenvalue weighted by Crippen LogP contribution is 2.29. The molecule has 1 saturated heterocycles. The van der Waals surface area contributed by atoms with E-state index in [1.54, 1.807) is 0 Å². The zero-order valence-electron chi connectivity index (χ0n) is 10.1. The van der Waals surface area contributed by atoms with Crippen LogP contribution in [0.3, 0.4) is 0 Å². The maximum atomic E-state index is 12.1. The summed E-state index contributed by atoms with van der Waals surface area (Å²) in [6.45, 7) is 12.5. The molecule has 2 heteroatoms. The summed E-state index contributed by atoms with van der Waals surface area (Å²) in [6.07, 6.45) is 1.05. The van der Waals surface area contributed by atoms with Gasteiger partial charge in [0.15, 0.2) is 5.78 Å². The number of hydrogen-bond acceptors (Lipinski definition) is 2. The van der Waals surface area contributed by atoms with Crippen LogP contribution < -0.4 is 0 Å². The molecule has 0 spiro atoms. The number of hydrogen-bond donors (Lipinski definition) is 0. The molecule has 2 atom stereocenters. The molecule has 0 N–H and O–H groups in total. The summed E-state index contributed by atoms with van der Waals surface area (Å²) in [5.74, 6) is 1.08.